The molecule has 0 aromatic carbocycles. The first-order valence-electron chi connectivity index (χ1n) is 13.4. The maximum atomic E-state index is 5.78. The van der Waals surface area contributed by atoms with Gasteiger partial charge in [-0.25, -0.2) is 0 Å². The normalized spacial score (nSPS) is 13.2. The summed E-state index contributed by atoms with van der Waals surface area (Å²) < 4.78 is 18.1. The largest absolute Gasteiger partial charge is 1.00 e. The van der Waals surface area contributed by atoms with Crippen LogP contribution in [-0.2, 0) is 13.3 Å². The average molecular weight is 496 g/mol. The fourth-order valence-electron chi connectivity index (χ4n) is 5.09. The number of nitrogens with zero attached hydrogens (tertiary/aromatic N) is 1. The molecule has 0 amide bonds. The molecule has 1 atom stereocenters. The summed E-state index contributed by atoms with van der Waals surface area (Å²) in [5, 5.41) is 0. The molecule has 0 saturated carbocycles. The molecular formula is C26H58ClNO3Si. The number of halogens is 1. The quantitative estimate of drug-likeness (QED) is 0.149. The lowest BCUT2D eigenvalue weighted by Gasteiger charge is -2.45. The Morgan fingerprint density at radius 1 is 0.562 bits per heavy atom. The molecule has 0 fully saturated rings. The molecule has 0 saturated heterocycles. The Bertz CT molecular complexity index is 387. The lowest BCUT2D eigenvalue weighted by Crippen LogP contribution is -3.00. The predicted molar refractivity (Wildman–Crippen MR) is 137 cm³/mol. The second-order valence-corrected chi connectivity index (χ2v) is 13.3. The molecule has 0 aliphatic carbocycles. The number of hydrogen-bond acceptors (Lipinski definition) is 3. The van der Waals surface area contributed by atoms with Gasteiger partial charge in [0.25, 0.3) is 0 Å². The Kier molecular flexibility index (Phi) is 23.6. The van der Waals surface area contributed by atoms with Crippen LogP contribution in [0.4, 0.5) is 0 Å². The van der Waals surface area contributed by atoms with Crippen LogP contribution in [0, 0.1) is 0 Å². The van der Waals surface area contributed by atoms with Crippen LogP contribution >= 0.6 is 0 Å². The van der Waals surface area contributed by atoms with Crippen molar-refractivity contribution in [3.8, 4) is 0 Å². The Labute approximate surface area is 209 Å². The van der Waals surface area contributed by atoms with Crippen molar-refractivity contribution in [2.45, 2.75) is 135 Å². The molecular weight excluding hydrogens is 438 g/mol. The molecule has 6 heteroatoms. The van der Waals surface area contributed by atoms with Crippen molar-refractivity contribution in [1.29, 1.82) is 0 Å². The highest BCUT2D eigenvalue weighted by atomic mass is 35.5. The van der Waals surface area contributed by atoms with Crippen molar-refractivity contribution in [2.75, 3.05) is 35.4 Å². The first-order chi connectivity index (χ1) is 15.0. The summed E-state index contributed by atoms with van der Waals surface area (Å²) in [6.45, 7) is 4.57. The third-order valence-corrected chi connectivity index (χ3v) is 10.6. The molecule has 32 heavy (non-hydrogen) atoms. The van der Waals surface area contributed by atoms with Crippen LogP contribution in [0.3, 0.4) is 0 Å². The predicted octanol–water partition coefficient (Wildman–Crippen LogP) is 4.87. The van der Waals surface area contributed by atoms with Gasteiger partial charge in [0.15, 0.2) is 0 Å². The fraction of sp³-hybridized carbons (Fsp3) is 1.00. The van der Waals surface area contributed by atoms with E-state index in [1.807, 2.05) is 0 Å². The summed E-state index contributed by atoms with van der Waals surface area (Å²) in [7, 11) is 6.89. The van der Waals surface area contributed by atoms with Gasteiger partial charge in [-0.2, -0.15) is 0 Å². The van der Waals surface area contributed by atoms with Crippen molar-refractivity contribution < 1.29 is 29.8 Å². The van der Waals surface area contributed by atoms with E-state index in [1.165, 1.54) is 109 Å². The van der Waals surface area contributed by atoms with Gasteiger partial charge in [0.05, 0.1) is 20.1 Å². The lowest BCUT2D eigenvalue weighted by molar-refractivity contribution is -0.846. The van der Waals surface area contributed by atoms with Crippen LogP contribution in [0.2, 0.25) is 0 Å². The Morgan fingerprint density at radius 2 is 0.875 bits per heavy atom. The first kappa shape index (κ1) is 34.5. The Morgan fingerprint density at radius 3 is 1.16 bits per heavy atom. The molecule has 0 N–H and O–H groups in total. The molecule has 0 aliphatic heterocycles. The topological polar surface area (TPSA) is 27.7 Å². The smallest absolute Gasteiger partial charge is 0.783 e. The standard InChI is InChI=1S/C26H58NO3Si.ClH/c1-8-10-11-12-13-14-15-16-17-18-19-20-21-22-23-24-25-26(9-2)27(3,4)31(28-5,29-6)30-7;/h26H,8-25H2,1-7H3;1H/q+1;/p-1. The third kappa shape index (κ3) is 13.3. The Hall–Kier alpha value is 0.347. The van der Waals surface area contributed by atoms with E-state index < -0.39 is 8.97 Å². The summed E-state index contributed by atoms with van der Waals surface area (Å²) >= 11 is 0. The van der Waals surface area contributed by atoms with Crippen LogP contribution in [0.5, 0.6) is 0 Å². The van der Waals surface area contributed by atoms with Gasteiger partial charge in [0, 0.05) is 21.3 Å². The zero-order chi connectivity index (χ0) is 23.4. The zero-order valence-electron chi connectivity index (χ0n) is 22.9. The van der Waals surface area contributed by atoms with Gasteiger partial charge in [-0.05, 0) is 19.3 Å². The summed E-state index contributed by atoms with van der Waals surface area (Å²) in [5.41, 5.74) is 0. The van der Waals surface area contributed by atoms with E-state index in [2.05, 4.69) is 27.9 Å². The van der Waals surface area contributed by atoms with Gasteiger partial charge in [-0.1, -0.05) is 110 Å². The molecule has 196 valence electrons. The third-order valence-electron chi connectivity index (χ3n) is 7.25. The number of quaternary nitrogens is 1. The van der Waals surface area contributed by atoms with Gasteiger partial charge in [-0.15, -0.1) is 0 Å². The van der Waals surface area contributed by atoms with E-state index in [0.29, 0.717) is 10.2 Å². The van der Waals surface area contributed by atoms with Crippen molar-refractivity contribution in [1.82, 2.24) is 0 Å². The highest BCUT2D eigenvalue weighted by Gasteiger charge is 2.62. The van der Waals surface area contributed by atoms with E-state index in [1.54, 1.807) is 21.3 Å². The van der Waals surface area contributed by atoms with Gasteiger partial charge in [-0.3, -0.25) is 0 Å². The molecule has 4 nitrogen and oxygen atoms in total. The fourth-order valence-corrected chi connectivity index (χ4v) is 7.76. The SMILES string of the molecule is CCCCCCCCCCCCCCCCCCC(CC)[N+](C)(C)[Si](OC)(OC)OC.[Cl-]. The van der Waals surface area contributed by atoms with Crippen molar-refractivity contribution in [2.24, 2.45) is 0 Å². The molecule has 0 spiro atoms. The van der Waals surface area contributed by atoms with E-state index in [0.717, 1.165) is 6.42 Å². The van der Waals surface area contributed by atoms with Gasteiger partial charge in [0.2, 0.25) is 0 Å². The minimum Gasteiger partial charge on any atom is -1.00 e. The van der Waals surface area contributed by atoms with Crippen molar-refractivity contribution in [3.05, 3.63) is 0 Å². The maximum absolute atomic E-state index is 5.78. The van der Waals surface area contributed by atoms with Crippen LogP contribution in [-0.4, -0.2) is 54.6 Å². The van der Waals surface area contributed by atoms with E-state index in [4.69, 9.17) is 13.3 Å². The highest BCUT2D eigenvalue weighted by molar-refractivity contribution is 6.52. The number of rotatable bonds is 23. The molecule has 0 rings (SSSR count). The molecule has 0 aliphatic rings. The van der Waals surface area contributed by atoms with E-state index >= 15 is 0 Å². The van der Waals surface area contributed by atoms with Crippen LogP contribution < -0.4 is 12.4 Å². The lowest BCUT2D eigenvalue weighted by atomic mass is 10.0. The molecule has 0 aromatic heterocycles. The molecule has 0 bridgehead atoms. The molecule has 0 aromatic rings. The van der Waals surface area contributed by atoms with Crippen LogP contribution in [0.1, 0.15) is 129 Å². The van der Waals surface area contributed by atoms with Crippen molar-refractivity contribution in [3.63, 3.8) is 0 Å². The molecule has 0 radical (unpaired) electrons. The van der Waals surface area contributed by atoms with Crippen LogP contribution in [0.25, 0.3) is 0 Å². The minimum atomic E-state index is -2.70. The van der Waals surface area contributed by atoms with Crippen molar-refractivity contribution >= 4 is 8.97 Å². The van der Waals surface area contributed by atoms with Gasteiger partial charge >= 0.3 is 8.97 Å². The molecule has 0 heterocycles. The van der Waals surface area contributed by atoms with E-state index in [-0.39, 0.29) is 12.4 Å². The second-order valence-electron chi connectivity index (χ2n) is 9.83. The summed E-state index contributed by atoms with van der Waals surface area (Å²) in [6.07, 6.45) is 25.0. The van der Waals surface area contributed by atoms with Crippen LogP contribution in [0.15, 0.2) is 0 Å². The maximum Gasteiger partial charge on any atom is 0.783 e. The second kappa shape index (κ2) is 21.9. The minimum absolute atomic E-state index is 0. The van der Waals surface area contributed by atoms with E-state index in [9.17, 15) is 0 Å². The summed E-state index contributed by atoms with van der Waals surface area (Å²) in [6, 6.07) is 0.512. The summed E-state index contributed by atoms with van der Waals surface area (Å²) in [4.78, 5) is 0. The van der Waals surface area contributed by atoms with Gasteiger partial charge in [0.1, 0.15) is 0 Å². The number of unbranched alkanes of at least 4 members (excludes halogenated alkanes) is 15. The van der Waals surface area contributed by atoms with Gasteiger partial charge < -0.3 is 29.8 Å². The first-order valence-corrected chi connectivity index (χ1v) is 15.1. The molecule has 1 unspecified atom stereocenters. The summed E-state index contributed by atoms with van der Waals surface area (Å²) in [5.74, 6) is 0. The Balaban J connectivity index is 0. The number of hydrogen-bond donors (Lipinski definition) is 0. The zero-order valence-corrected chi connectivity index (χ0v) is 24.6. The highest BCUT2D eigenvalue weighted by Crippen LogP contribution is 2.28. The average Bonchev–Trinajstić information content (AvgIpc) is 2.77. The monoisotopic (exact) mass is 495 g/mol.